The van der Waals surface area contributed by atoms with Crippen LogP contribution in [0, 0.1) is 0 Å². The Morgan fingerprint density at radius 2 is 1.68 bits per heavy atom. The van der Waals surface area contributed by atoms with Gasteiger partial charge in [-0.05, 0) is 48.2 Å². The number of carbonyl (C=O) groups excluding carboxylic acids is 1. The molecule has 0 aliphatic carbocycles. The van der Waals surface area contributed by atoms with Gasteiger partial charge in [-0.25, -0.2) is 5.43 Å². The van der Waals surface area contributed by atoms with Crippen LogP contribution in [0.5, 0.6) is 5.75 Å². The number of anilines is 1. The van der Waals surface area contributed by atoms with Crippen LogP contribution in [0.3, 0.4) is 0 Å². The van der Waals surface area contributed by atoms with E-state index in [-0.39, 0.29) is 5.91 Å². The molecule has 0 fully saturated rings. The van der Waals surface area contributed by atoms with E-state index in [0.717, 1.165) is 17.0 Å². The summed E-state index contributed by atoms with van der Waals surface area (Å²) in [5.41, 5.74) is 5.62. The van der Waals surface area contributed by atoms with Crippen molar-refractivity contribution in [1.82, 2.24) is 5.43 Å². The van der Waals surface area contributed by atoms with Gasteiger partial charge in [-0.15, -0.1) is 0 Å². The highest BCUT2D eigenvalue weighted by Gasteiger charge is 2.11. The fourth-order valence-electron chi connectivity index (χ4n) is 2.24. The Kier molecular flexibility index (Phi) is 6.57. The summed E-state index contributed by atoms with van der Waals surface area (Å²) in [6.45, 7) is 6.09. The predicted molar refractivity (Wildman–Crippen MR) is 102 cm³/mol. The molecule has 2 N–H and O–H groups in total. The average Bonchev–Trinajstić information content (AvgIpc) is 2.62. The maximum Gasteiger partial charge on any atom is 0.262 e. The zero-order valence-corrected chi connectivity index (χ0v) is 15.1. The standard InChI is InChI=1S/C20H25N3O2/c1-14(2)17-7-5-16(6-8-17)13-21-23-20(24)15(3)22-18-9-11-19(25-4)12-10-18/h5-15,22H,1-4H3,(H,23,24)/b21-13+. The first-order valence-corrected chi connectivity index (χ1v) is 8.33. The summed E-state index contributed by atoms with van der Waals surface area (Å²) in [5.74, 6) is 1.07. The maximum absolute atomic E-state index is 12.1. The number of carbonyl (C=O) groups is 1. The summed E-state index contributed by atoms with van der Waals surface area (Å²) in [4.78, 5) is 12.1. The first kappa shape index (κ1) is 18.5. The molecule has 0 aliphatic heterocycles. The molecule has 0 aliphatic rings. The molecule has 0 saturated carbocycles. The van der Waals surface area contributed by atoms with Gasteiger partial charge >= 0.3 is 0 Å². The Hall–Kier alpha value is -2.82. The Bertz CT molecular complexity index is 707. The summed E-state index contributed by atoms with van der Waals surface area (Å²) < 4.78 is 5.11. The molecule has 0 aromatic heterocycles. The number of rotatable bonds is 7. The minimum Gasteiger partial charge on any atom is -0.497 e. The van der Waals surface area contributed by atoms with Crippen molar-refractivity contribution in [3.8, 4) is 5.75 Å². The second kappa shape index (κ2) is 8.87. The van der Waals surface area contributed by atoms with Crippen LogP contribution in [0.4, 0.5) is 5.69 Å². The van der Waals surface area contributed by atoms with E-state index < -0.39 is 6.04 Å². The zero-order valence-electron chi connectivity index (χ0n) is 15.1. The van der Waals surface area contributed by atoms with E-state index in [0.29, 0.717) is 5.92 Å². The number of hydrogen-bond acceptors (Lipinski definition) is 4. The molecule has 132 valence electrons. The Labute approximate surface area is 149 Å². The molecule has 2 aromatic carbocycles. The smallest absolute Gasteiger partial charge is 0.262 e. The quantitative estimate of drug-likeness (QED) is 0.596. The van der Waals surface area contributed by atoms with Gasteiger partial charge < -0.3 is 10.1 Å². The highest BCUT2D eigenvalue weighted by molar-refractivity contribution is 5.86. The molecule has 2 rings (SSSR count). The molecule has 0 radical (unpaired) electrons. The monoisotopic (exact) mass is 339 g/mol. The van der Waals surface area contributed by atoms with Crippen LogP contribution in [0.25, 0.3) is 0 Å². The summed E-state index contributed by atoms with van der Waals surface area (Å²) in [6.07, 6.45) is 1.64. The molecule has 2 aromatic rings. The number of amides is 1. The lowest BCUT2D eigenvalue weighted by Gasteiger charge is -2.13. The summed E-state index contributed by atoms with van der Waals surface area (Å²) in [7, 11) is 1.62. The molecule has 5 nitrogen and oxygen atoms in total. The van der Waals surface area contributed by atoms with Crippen LogP contribution in [0.1, 0.15) is 37.8 Å². The Balaban J connectivity index is 1.85. The minimum absolute atomic E-state index is 0.203. The molecule has 5 heteroatoms. The molecule has 0 saturated heterocycles. The molecular weight excluding hydrogens is 314 g/mol. The van der Waals surface area contributed by atoms with E-state index in [1.165, 1.54) is 5.56 Å². The second-order valence-electron chi connectivity index (χ2n) is 6.15. The van der Waals surface area contributed by atoms with Gasteiger partial charge in [-0.2, -0.15) is 5.10 Å². The molecule has 0 spiro atoms. The van der Waals surface area contributed by atoms with E-state index >= 15 is 0 Å². The topological polar surface area (TPSA) is 62.7 Å². The lowest BCUT2D eigenvalue weighted by atomic mass is 10.0. The Morgan fingerprint density at radius 3 is 2.24 bits per heavy atom. The highest BCUT2D eigenvalue weighted by atomic mass is 16.5. The SMILES string of the molecule is COc1ccc(NC(C)C(=O)N/N=C/c2ccc(C(C)C)cc2)cc1. The van der Waals surface area contributed by atoms with E-state index in [9.17, 15) is 4.79 Å². The fourth-order valence-corrected chi connectivity index (χ4v) is 2.24. The van der Waals surface area contributed by atoms with E-state index in [4.69, 9.17) is 4.74 Å². The number of nitrogens with zero attached hydrogens (tertiary/aromatic N) is 1. The van der Waals surface area contributed by atoms with Gasteiger partial charge in [0.1, 0.15) is 11.8 Å². The van der Waals surface area contributed by atoms with Gasteiger partial charge in [-0.3, -0.25) is 4.79 Å². The van der Waals surface area contributed by atoms with Gasteiger partial charge in [0.2, 0.25) is 0 Å². The highest BCUT2D eigenvalue weighted by Crippen LogP contribution is 2.16. The summed E-state index contributed by atoms with van der Waals surface area (Å²) >= 11 is 0. The van der Waals surface area contributed by atoms with Crippen LogP contribution < -0.4 is 15.5 Å². The van der Waals surface area contributed by atoms with E-state index in [1.807, 2.05) is 36.4 Å². The number of benzene rings is 2. The van der Waals surface area contributed by atoms with Gasteiger partial charge in [0, 0.05) is 5.69 Å². The van der Waals surface area contributed by atoms with Crippen molar-refractivity contribution in [2.45, 2.75) is 32.7 Å². The number of methoxy groups -OCH3 is 1. The maximum atomic E-state index is 12.1. The number of hydrazone groups is 1. The van der Waals surface area contributed by atoms with Crippen molar-refractivity contribution in [3.05, 3.63) is 59.7 Å². The zero-order chi connectivity index (χ0) is 18.2. The van der Waals surface area contributed by atoms with Crippen molar-refractivity contribution in [3.63, 3.8) is 0 Å². The third-order valence-corrected chi connectivity index (χ3v) is 3.86. The van der Waals surface area contributed by atoms with Crippen molar-refractivity contribution >= 4 is 17.8 Å². The van der Waals surface area contributed by atoms with Gasteiger partial charge in [-0.1, -0.05) is 38.1 Å². The predicted octanol–water partition coefficient (Wildman–Crippen LogP) is 3.77. The first-order valence-electron chi connectivity index (χ1n) is 8.33. The van der Waals surface area contributed by atoms with E-state index in [2.05, 4.69) is 41.8 Å². The molecule has 1 unspecified atom stereocenters. The molecule has 1 amide bonds. The number of hydrogen-bond donors (Lipinski definition) is 2. The van der Waals surface area contributed by atoms with Crippen LogP contribution >= 0.6 is 0 Å². The van der Waals surface area contributed by atoms with Crippen molar-refractivity contribution in [2.75, 3.05) is 12.4 Å². The van der Waals surface area contributed by atoms with Gasteiger partial charge in [0.05, 0.1) is 13.3 Å². The minimum atomic E-state index is -0.408. The fraction of sp³-hybridized carbons (Fsp3) is 0.300. The normalized spacial score (nSPS) is 12.2. The number of ether oxygens (including phenoxy) is 1. The van der Waals surface area contributed by atoms with Crippen molar-refractivity contribution in [2.24, 2.45) is 5.10 Å². The van der Waals surface area contributed by atoms with Gasteiger partial charge in [0.25, 0.3) is 5.91 Å². The van der Waals surface area contributed by atoms with Crippen molar-refractivity contribution < 1.29 is 9.53 Å². The Morgan fingerprint density at radius 1 is 1.04 bits per heavy atom. The lowest BCUT2D eigenvalue weighted by Crippen LogP contribution is -2.34. The van der Waals surface area contributed by atoms with E-state index in [1.54, 1.807) is 20.2 Å². The third-order valence-electron chi connectivity index (χ3n) is 3.86. The average molecular weight is 339 g/mol. The van der Waals surface area contributed by atoms with Crippen LogP contribution in [0.2, 0.25) is 0 Å². The van der Waals surface area contributed by atoms with Crippen LogP contribution in [0.15, 0.2) is 53.6 Å². The van der Waals surface area contributed by atoms with Crippen LogP contribution in [-0.2, 0) is 4.79 Å². The summed E-state index contributed by atoms with van der Waals surface area (Å²) in [5, 5.41) is 7.14. The molecule has 25 heavy (non-hydrogen) atoms. The first-order chi connectivity index (χ1) is 12.0. The van der Waals surface area contributed by atoms with Gasteiger partial charge in [0.15, 0.2) is 0 Å². The van der Waals surface area contributed by atoms with Crippen molar-refractivity contribution in [1.29, 1.82) is 0 Å². The lowest BCUT2D eigenvalue weighted by molar-refractivity contribution is -0.121. The molecular formula is C20H25N3O2. The third kappa shape index (κ3) is 5.64. The molecule has 0 bridgehead atoms. The second-order valence-corrected chi connectivity index (χ2v) is 6.15. The van der Waals surface area contributed by atoms with Crippen LogP contribution in [-0.4, -0.2) is 25.3 Å². The number of nitrogens with one attached hydrogen (secondary N) is 2. The molecule has 1 atom stereocenters. The molecule has 0 heterocycles. The largest absolute Gasteiger partial charge is 0.497 e. The summed E-state index contributed by atoms with van der Waals surface area (Å²) in [6, 6.07) is 15.1.